The molecule has 2 aliphatic rings. The van der Waals surface area contributed by atoms with Gasteiger partial charge in [0.1, 0.15) is 0 Å². The Labute approximate surface area is 250 Å². The van der Waals surface area contributed by atoms with Crippen molar-refractivity contribution >= 4 is 17.5 Å². The molecule has 2 aromatic carbocycles. The Morgan fingerprint density at radius 3 is 2.40 bits per heavy atom. The van der Waals surface area contributed by atoms with Crippen LogP contribution in [0.5, 0.6) is 0 Å². The van der Waals surface area contributed by atoms with Gasteiger partial charge in [-0.3, -0.25) is 14.6 Å². The van der Waals surface area contributed by atoms with E-state index in [1.807, 2.05) is 30.3 Å². The predicted molar refractivity (Wildman–Crippen MR) is 169 cm³/mol. The predicted octanol–water partition coefficient (Wildman–Crippen LogP) is 5.61. The van der Waals surface area contributed by atoms with E-state index in [2.05, 4.69) is 70.3 Å². The fourth-order valence-corrected chi connectivity index (χ4v) is 6.36. The molecule has 7 nitrogen and oxygen atoms in total. The summed E-state index contributed by atoms with van der Waals surface area (Å²) >= 11 is 0. The molecule has 7 heteroatoms. The van der Waals surface area contributed by atoms with Gasteiger partial charge in [-0.25, -0.2) is 0 Å². The number of aryl methyl sites for hydroxylation is 2. The van der Waals surface area contributed by atoms with Crippen molar-refractivity contribution in [2.45, 2.75) is 71.5 Å². The van der Waals surface area contributed by atoms with Crippen LogP contribution in [0.1, 0.15) is 76.4 Å². The molecule has 42 heavy (non-hydrogen) atoms. The highest BCUT2D eigenvalue weighted by Crippen LogP contribution is 2.27. The molecule has 3 aromatic rings. The topological polar surface area (TPSA) is 68.8 Å². The van der Waals surface area contributed by atoms with Crippen LogP contribution in [0.4, 0.5) is 5.69 Å². The van der Waals surface area contributed by atoms with E-state index < -0.39 is 0 Å². The number of hydrogen-bond donors (Lipinski definition) is 1. The Hall–Kier alpha value is -3.71. The molecule has 2 aliphatic heterocycles. The number of aromatic nitrogens is 1. The Morgan fingerprint density at radius 1 is 0.976 bits per heavy atom. The molecule has 1 aromatic heterocycles. The molecule has 0 bridgehead atoms. The van der Waals surface area contributed by atoms with Crippen LogP contribution in [0.25, 0.3) is 0 Å². The van der Waals surface area contributed by atoms with Gasteiger partial charge in [-0.05, 0) is 106 Å². The summed E-state index contributed by atoms with van der Waals surface area (Å²) < 4.78 is 0. The van der Waals surface area contributed by atoms with Gasteiger partial charge >= 0.3 is 0 Å². The van der Waals surface area contributed by atoms with E-state index in [-0.39, 0.29) is 11.8 Å². The van der Waals surface area contributed by atoms with Gasteiger partial charge in [0.2, 0.25) is 0 Å². The lowest BCUT2D eigenvalue weighted by atomic mass is 9.99. The molecule has 1 N–H and O–H groups in total. The van der Waals surface area contributed by atoms with Crippen LogP contribution in [0.2, 0.25) is 0 Å². The first-order chi connectivity index (χ1) is 20.4. The zero-order valence-corrected chi connectivity index (χ0v) is 25.4. The van der Waals surface area contributed by atoms with Crippen LogP contribution in [-0.4, -0.2) is 71.4 Å². The second-order valence-corrected chi connectivity index (χ2v) is 12.0. The van der Waals surface area contributed by atoms with Crippen LogP contribution < -0.4 is 10.2 Å². The van der Waals surface area contributed by atoms with Crippen molar-refractivity contribution in [1.29, 1.82) is 0 Å². The first-order valence-corrected chi connectivity index (χ1v) is 15.5. The summed E-state index contributed by atoms with van der Waals surface area (Å²) in [7, 11) is 0. The van der Waals surface area contributed by atoms with Crippen molar-refractivity contribution in [3.05, 3.63) is 94.8 Å². The third kappa shape index (κ3) is 7.19. The van der Waals surface area contributed by atoms with Crippen LogP contribution in [0.15, 0.2) is 67.0 Å². The van der Waals surface area contributed by atoms with Crippen molar-refractivity contribution in [2.75, 3.05) is 37.6 Å². The summed E-state index contributed by atoms with van der Waals surface area (Å²) in [6, 6.07) is 19.1. The number of nitrogens with one attached hydrogen (secondary N) is 1. The number of anilines is 1. The first kappa shape index (κ1) is 29.8. The smallest absolute Gasteiger partial charge is 0.253 e. The fraction of sp³-hybridized carbons (Fsp3) is 0.457. The number of hydrogen-bond acceptors (Lipinski definition) is 5. The Balaban J connectivity index is 1.11. The van der Waals surface area contributed by atoms with Crippen molar-refractivity contribution in [3.8, 4) is 0 Å². The normalized spacial score (nSPS) is 16.8. The molecule has 0 aliphatic carbocycles. The summed E-state index contributed by atoms with van der Waals surface area (Å²) in [5.41, 5.74) is 5.98. The van der Waals surface area contributed by atoms with Crippen molar-refractivity contribution in [2.24, 2.45) is 0 Å². The van der Waals surface area contributed by atoms with Crippen molar-refractivity contribution in [3.63, 3.8) is 0 Å². The minimum Gasteiger partial charge on any atom is -0.364 e. The van der Waals surface area contributed by atoms with Gasteiger partial charge in [-0.15, -0.1) is 0 Å². The fourth-order valence-electron chi connectivity index (χ4n) is 6.36. The van der Waals surface area contributed by atoms with Gasteiger partial charge in [0.05, 0.1) is 0 Å². The molecular formula is C35H45N5O2. The summed E-state index contributed by atoms with van der Waals surface area (Å²) in [5.74, 6) is 0.00186. The standard InChI is InChI=1S/C35H45N5O2/c1-26-13-17-36-24-30(26)25-40(31-9-5-4-6-10-31)32-15-21-38(22-16-32)28(3)14-18-37-34(41)33-12-11-29(23-27(33)2)35(42)39-19-7-8-20-39/h4-6,9-13,17,23-24,28,32H,7-8,14-16,18-22,25H2,1-3H3,(H,37,41)/t28-/m1/s1. The zero-order valence-electron chi connectivity index (χ0n) is 25.4. The third-order valence-corrected chi connectivity index (χ3v) is 9.10. The average molecular weight is 568 g/mol. The molecular weight excluding hydrogens is 522 g/mol. The Morgan fingerprint density at radius 2 is 1.71 bits per heavy atom. The lowest BCUT2D eigenvalue weighted by molar-refractivity contribution is 0.0791. The Bertz CT molecular complexity index is 1350. The van der Waals surface area contributed by atoms with Gasteiger partial charge in [-0.2, -0.15) is 0 Å². The lowest BCUT2D eigenvalue weighted by Gasteiger charge is -2.42. The van der Waals surface area contributed by atoms with Gasteiger partial charge in [-0.1, -0.05) is 18.2 Å². The van der Waals surface area contributed by atoms with E-state index in [4.69, 9.17) is 0 Å². The lowest BCUT2D eigenvalue weighted by Crippen LogP contribution is -2.48. The van der Waals surface area contributed by atoms with E-state index in [9.17, 15) is 9.59 Å². The minimum atomic E-state index is -0.0669. The number of piperidine rings is 1. The number of rotatable bonds is 10. The van der Waals surface area contributed by atoms with Crippen molar-refractivity contribution < 1.29 is 9.59 Å². The number of pyridine rings is 1. The average Bonchev–Trinajstić information content (AvgIpc) is 3.56. The molecule has 0 unspecified atom stereocenters. The molecule has 2 amide bonds. The first-order valence-electron chi connectivity index (χ1n) is 15.5. The summed E-state index contributed by atoms with van der Waals surface area (Å²) in [4.78, 5) is 37.1. The van der Waals surface area contributed by atoms with Gasteiger partial charge in [0.15, 0.2) is 0 Å². The highest BCUT2D eigenvalue weighted by molar-refractivity contribution is 5.99. The molecule has 2 saturated heterocycles. The van der Waals surface area contributed by atoms with E-state index in [0.717, 1.165) is 70.4 Å². The highest BCUT2D eigenvalue weighted by atomic mass is 16.2. The number of carbonyl (C=O) groups excluding carboxylic acids is 2. The van der Waals surface area contributed by atoms with E-state index >= 15 is 0 Å². The van der Waals surface area contributed by atoms with Crippen LogP contribution in [0, 0.1) is 13.8 Å². The molecule has 0 spiro atoms. The minimum absolute atomic E-state index is 0.0669. The van der Waals surface area contributed by atoms with Crippen LogP contribution in [-0.2, 0) is 6.54 Å². The maximum Gasteiger partial charge on any atom is 0.253 e. The van der Waals surface area contributed by atoms with E-state index in [0.29, 0.717) is 29.8 Å². The summed E-state index contributed by atoms with van der Waals surface area (Å²) in [5, 5.41) is 3.12. The largest absolute Gasteiger partial charge is 0.364 e. The van der Waals surface area contributed by atoms with E-state index in [1.165, 1.54) is 16.8 Å². The summed E-state index contributed by atoms with van der Waals surface area (Å²) in [6.07, 6.45) is 9.11. The van der Waals surface area contributed by atoms with Gasteiger partial charge < -0.3 is 20.0 Å². The number of nitrogens with zero attached hydrogens (tertiary/aromatic N) is 4. The monoisotopic (exact) mass is 567 g/mol. The van der Waals surface area contributed by atoms with E-state index in [1.54, 1.807) is 12.1 Å². The maximum absolute atomic E-state index is 13.0. The van der Waals surface area contributed by atoms with Crippen LogP contribution >= 0.6 is 0 Å². The molecule has 5 rings (SSSR count). The second kappa shape index (κ2) is 14.0. The molecule has 222 valence electrons. The third-order valence-electron chi connectivity index (χ3n) is 9.10. The van der Waals surface area contributed by atoms with Gasteiger partial charge in [0, 0.05) is 80.6 Å². The molecule has 3 heterocycles. The number of benzene rings is 2. The number of amides is 2. The second-order valence-electron chi connectivity index (χ2n) is 12.0. The summed E-state index contributed by atoms with van der Waals surface area (Å²) in [6.45, 7) is 11.6. The van der Waals surface area contributed by atoms with Gasteiger partial charge in [0.25, 0.3) is 11.8 Å². The van der Waals surface area contributed by atoms with Crippen LogP contribution in [0.3, 0.4) is 0 Å². The molecule has 0 saturated carbocycles. The molecule has 1 atom stereocenters. The maximum atomic E-state index is 13.0. The SMILES string of the molecule is Cc1ccncc1CN(c1ccccc1)C1CCN([C@H](C)CCNC(=O)c2ccc(C(=O)N3CCCC3)cc2C)CC1. The Kier molecular flexibility index (Phi) is 9.90. The number of likely N-dealkylation sites (tertiary alicyclic amines) is 2. The number of carbonyl (C=O) groups is 2. The number of para-hydroxylation sites is 1. The quantitative estimate of drug-likeness (QED) is 0.345. The van der Waals surface area contributed by atoms with Crippen molar-refractivity contribution in [1.82, 2.24) is 20.1 Å². The molecule has 0 radical (unpaired) electrons. The zero-order chi connectivity index (χ0) is 29.5. The highest BCUT2D eigenvalue weighted by Gasteiger charge is 2.28. The molecule has 2 fully saturated rings.